The topological polar surface area (TPSA) is 182 Å². The molecule has 328 valence electrons. The first-order chi connectivity index (χ1) is 28.1. The van der Waals surface area contributed by atoms with Crippen LogP contribution in [-0.2, 0) is 29.1 Å². The highest BCUT2D eigenvalue weighted by Gasteiger charge is 2.63. The van der Waals surface area contributed by atoms with Crippen LogP contribution in [0.2, 0.25) is 0 Å². The standard InChI is InChI=1S/C42H54F3N5O9S/c1-24-10-6-7-11-27-20-41(27,37(53)49-60(55,56)40(5)16-17-40)48-34(51)31-19-28(58-35-30-13-9-8-12-29(30)32(21-46-35)57-23-26-14-15-26)22-50(31)36(52)33(25(2)18-24)47-38(54)59-39(3,4)42(43,44)45/h7-9,11-13,21,24-28,31,33H,6,10,14-20,22-23H2,1-5H3,(H,47,54)(H,48,51)(H,49,53)/t24-,25-,27-,28-,31+,33+,41-/m1/s1. The SMILES string of the molecule is C[C@@H]1CCC=C[C@@H]2C[C@@]2(C(=O)NS(=O)(=O)C2(C)CC2)NC(=O)[C@@H]2C[C@@H](Oc3ncc(OCC4CC4)c4ccccc34)CN2C(=O)[C@@H](NC(=O)OC(C)(C)C(F)(F)F)[C@H](C)C1. The van der Waals surface area contributed by atoms with E-state index < -0.39 is 85.9 Å². The first kappa shape index (κ1) is 43.5. The van der Waals surface area contributed by atoms with E-state index in [2.05, 4.69) is 20.3 Å². The number of halogens is 3. The summed E-state index contributed by atoms with van der Waals surface area (Å²) in [6.45, 7) is 6.93. The third-order valence-corrected chi connectivity index (χ3v) is 14.9. The molecule has 0 spiro atoms. The van der Waals surface area contributed by atoms with Crippen molar-refractivity contribution in [1.82, 2.24) is 25.2 Å². The molecule has 0 radical (unpaired) electrons. The summed E-state index contributed by atoms with van der Waals surface area (Å²) in [6.07, 6.45) is 2.47. The van der Waals surface area contributed by atoms with Crippen LogP contribution in [0.3, 0.4) is 0 Å². The number of pyridine rings is 1. The molecule has 3 N–H and O–H groups in total. The van der Waals surface area contributed by atoms with Gasteiger partial charge in [0.25, 0.3) is 5.91 Å². The van der Waals surface area contributed by atoms with Crippen LogP contribution in [0.4, 0.5) is 18.0 Å². The fourth-order valence-corrected chi connectivity index (χ4v) is 9.35. The van der Waals surface area contributed by atoms with Crippen molar-refractivity contribution in [3.63, 3.8) is 0 Å². The highest BCUT2D eigenvalue weighted by molar-refractivity contribution is 7.91. The molecule has 1 aromatic carbocycles. The number of aromatic nitrogens is 1. The second-order valence-corrected chi connectivity index (χ2v) is 20.4. The van der Waals surface area contributed by atoms with Gasteiger partial charge in [0.2, 0.25) is 33.3 Å². The second-order valence-electron chi connectivity index (χ2n) is 18.2. The monoisotopic (exact) mass is 861 g/mol. The highest BCUT2D eigenvalue weighted by Crippen LogP contribution is 2.48. The van der Waals surface area contributed by atoms with E-state index in [1.807, 2.05) is 37.3 Å². The van der Waals surface area contributed by atoms with Crippen LogP contribution in [-0.4, -0.2) is 95.5 Å². The van der Waals surface area contributed by atoms with Crippen LogP contribution in [0.25, 0.3) is 10.8 Å². The van der Waals surface area contributed by atoms with Crippen molar-refractivity contribution in [2.45, 2.75) is 133 Å². The van der Waals surface area contributed by atoms with Gasteiger partial charge < -0.3 is 29.7 Å². The zero-order chi connectivity index (χ0) is 43.4. The van der Waals surface area contributed by atoms with Gasteiger partial charge in [0.05, 0.1) is 24.1 Å². The van der Waals surface area contributed by atoms with Gasteiger partial charge in [-0.05, 0) is 96.0 Å². The van der Waals surface area contributed by atoms with Crippen molar-refractivity contribution < 1.29 is 55.0 Å². The molecule has 1 saturated heterocycles. The third kappa shape index (κ3) is 9.03. The minimum atomic E-state index is -4.91. The van der Waals surface area contributed by atoms with Gasteiger partial charge in [-0.1, -0.05) is 44.2 Å². The number of rotatable bonds is 10. The number of carbonyl (C=O) groups is 4. The summed E-state index contributed by atoms with van der Waals surface area (Å²) in [4.78, 5) is 62.3. The Kier molecular flexibility index (Phi) is 11.6. The maximum atomic E-state index is 14.8. The van der Waals surface area contributed by atoms with E-state index in [0.29, 0.717) is 69.6 Å². The molecule has 7 rings (SSSR count). The van der Waals surface area contributed by atoms with Gasteiger partial charge in [0, 0.05) is 23.1 Å². The Balaban J connectivity index is 1.21. The lowest BCUT2D eigenvalue weighted by Gasteiger charge is -2.34. The molecule has 4 amide bonds. The summed E-state index contributed by atoms with van der Waals surface area (Å²) in [7, 11) is -4.08. The number of nitrogens with zero attached hydrogens (tertiary/aromatic N) is 2. The predicted molar refractivity (Wildman–Crippen MR) is 213 cm³/mol. The number of hydrogen-bond donors (Lipinski definition) is 3. The Morgan fingerprint density at radius 2 is 1.75 bits per heavy atom. The maximum absolute atomic E-state index is 14.8. The average Bonchev–Trinajstić information content (AvgIpc) is 4.12. The van der Waals surface area contributed by atoms with E-state index in [-0.39, 0.29) is 31.2 Å². The number of benzene rings is 1. The maximum Gasteiger partial charge on any atom is 0.427 e. The van der Waals surface area contributed by atoms with Gasteiger partial charge in [-0.25, -0.2) is 18.2 Å². The fraction of sp³-hybridized carbons (Fsp3) is 0.643. The number of allylic oxidation sites excluding steroid dienone is 1. The van der Waals surface area contributed by atoms with Crippen LogP contribution in [0, 0.1) is 23.7 Å². The normalized spacial score (nSPS) is 29.6. The van der Waals surface area contributed by atoms with E-state index in [9.17, 15) is 40.8 Å². The Labute approximate surface area is 347 Å². The van der Waals surface area contributed by atoms with Crippen LogP contribution < -0.4 is 24.8 Å². The number of nitrogens with one attached hydrogen (secondary N) is 3. The number of carbonyl (C=O) groups excluding carboxylic acids is 4. The lowest BCUT2D eigenvalue weighted by atomic mass is 9.88. The molecule has 0 unspecified atom stereocenters. The van der Waals surface area contributed by atoms with E-state index >= 15 is 0 Å². The number of ether oxygens (including phenoxy) is 3. The van der Waals surface area contributed by atoms with Crippen molar-refractivity contribution in [2.24, 2.45) is 23.7 Å². The lowest BCUT2D eigenvalue weighted by molar-refractivity contribution is -0.244. The zero-order valence-corrected chi connectivity index (χ0v) is 35.3. The number of alkyl carbamates (subject to hydrolysis) is 1. The molecule has 2 aliphatic heterocycles. The fourth-order valence-electron chi connectivity index (χ4n) is 8.04. The smallest absolute Gasteiger partial charge is 0.427 e. The average molecular weight is 862 g/mol. The largest absolute Gasteiger partial charge is 0.491 e. The molecule has 0 bridgehead atoms. The van der Waals surface area contributed by atoms with Crippen molar-refractivity contribution in [3.8, 4) is 11.6 Å². The molecule has 18 heteroatoms. The zero-order valence-electron chi connectivity index (χ0n) is 34.5. The Hall–Kier alpha value is -4.61. The molecule has 7 atom stereocenters. The van der Waals surface area contributed by atoms with Gasteiger partial charge in [-0.2, -0.15) is 13.2 Å². The molecule has 3 heterocycles. The third-order valence-electron chi connectivity index (χ3n) is 12.7. The van der Waals surface area contributed by atoms with E-state index in [1.165, 1.54) is 4.90 Å². The molecular formula is C42H54F3N5O9S. The first-order valence-electron chi connectivity index (χ1n) is 20.7. The molecule has 14 nitrogen and oxygen atoms in total. The first-order valence-corrected chi connectivity index (χ1v) is 22.2. The van der Waals surface area contributed by atoms with Gasteiger partial charge in [-0.15, -0.1) is 0 Å². The summed E-state index contributed by atoms with van der Waals surface area (Å²) in [6, 6.07) is 4.59. The summed E-state index contributed by atoms with van der Waals surface area (Å²) in [5.41, 5.74) is -4.52. The summed E-state index contributed by atoms with van der Waals surface area (Å²) < 4.78 is 86.2. The molecule has 1 aromatic heterocycles. The minimum Gasteiger partial charge on any atom is -0.491 e. The highest BCUT2D eigenvalue weighted by atomic mass is 32.2. The molecule has 3 saturated carbocycles. The van der Waals surface area contributed by atoms with Crippen molar-refractivity contribution in [3.05, 3.63) is 42.6 Å². The lowest BCUT2D eigenvalue weighted by Crippen LogP contribution is -2.59. The number of sulfonamides is 1. The van der Waals surface area contributed by atoms with Gasteiger partial charge in [-0.3, -0.25) is 19.1 Å². The van der Waals surface area contributed by atoms with Crippen LogP contribution in [0.5, 0.6) is 11.6 Å². The molecular weight excluding hydrogens is 808 g/mol. The molecule has 4 fully saturated rings. The molecule has 2 aromatic rings. The van der Waals surface area contributed by atoms with E-state index in [0.717, 1.165) is 18.2 Å². The van der Waals surface area contributed by atoms with Crippen molar-refractivity contribution in [2.75, 3.05) is 13.2 Å². The predicted octanol–water partition coefficient (Wildman–Crippen LogP) is 5.69. The van der Waals surface area contributed by atoms with E-state index in [4.69, 9.17) is 14.2 Å². The number of fused-ring (bicyclic) bond motifs is 3. The molecule has 3 aliphatic carbocycles. The van der Waals surface area contributed by atoms with Crippen molar-refractivity contribution in [1.29, 1.82) is 0 Å². The van der Waals surface area contributed by atoms with Gasteiger partial charge in [0.15, 0.2) is 0 Å². The van der Waals surface area contributed by atoms with Crippen LogP contribution in [0.1, 0.15) is 92.4 Å². The summed E-state index contributed by atoms with van der Waals surface area (Å²) >= 11 is 0. The number of alkyl halides is 3. The summed E-state index contributed by atoms with van der Waals surface area (Å²) in [5.74, 6) is -2.37. The Morgan fingerprint density at radius 1 is 1.05 bits per heavy atom. The second kappa shape index (κ2) is 16.0. The van der Waals surface area contributed by atoms with Crippen molar-refractivity contribution >= 4 is 44.6 Å². The Morgan fingerprint density at radius 3 is 2.42 bits per heavy atom. The molecule has 60 heavy (non-hydrogen) atoms. The number of hydrogen-bond acceptors (Lipinski definition) is 10. The minimum absolute atomic E-state index is 0.0352. The molecule has 5 aliphatic rings. The van der Waals surface area contributed by atoms with Gasteiger partial charge >= 0.3 is 12.3 Å². The number of amides is 4. The summed E-state index contributed by atoms with van der Waals surface area (Å²) in [5, 5.41) is 6.58. The van der Waals surface area contributed by atoms with Crippen LogP contribution in [0.15, 0.2) is 42.6 Å². The van der Waals surface area contributed by atoms with E-state index in [1.54, 1.807) is 26.1 Å². The van der Waals surface area contributed by atoms with Gasteiger partial charge in [0.1, 0.15) is 29.5 Å². The quantitative estimate of drug-likeness (QED) is 0.251. The van der Waals surface area contributed by atoms with Crippen LogP contribution >= 0.6 is 0 Å². The Bertz CT molecular complexity index is 2160.